The van der Waals surface area contributed by atoms with Gasteiger partial charge in [0.15, 0.2) is 11.5 Å². The molecule has 5 nitrogen and oxygen atoms in total. The van der Waals surface area contributed by atoms with Gasteiger partial charge in [-0.05, 0) is 54.4 Å². The number of rotatable bonds is 3. The van der Waals surface area contributed by atoms with E-state index in [1.54, 1.807) is 25.3 Å². The number of fused-ring (bicyclic) bond motifs is 1. The van der Waals surface area contributed by atoms with Crippen molar-refractivity contribution in [1.82, 2.24) is 9.97 Å². The number of aromatic nitrogens is 2. The number of nitrogens with zero attached hydrogens (tertiary/aromatic N) is 2. The van der Waals surface area contributed by atoms with Gasteiger partial charge in [-0.1, -0.05) is 19.9 Å². The average molecular weight is 411 g/mol. The lowest BCUT2D eigenvalue weighted by Crippen LogP contribution is -2.16. The topological polar surface area (TPSA) is 68.0 Å². The number of pyridine rings is 1. The maximum Gasteiger partial charge on any atom is 0.262 e. The zero-order chi connectivity index (χ0) is 21.8. The minimum absolute atomic E-state index is 0. The molecule has 156 valence electrons. The molecule has 2 aromatic heterocycles. The summed E-state index contributed by atoms with van der Waals surface area (Å²) in [5.74, 6) is -1.99. The molecule has 0 atom stereocenters. The van der Waals surface area contributed by atoms with Crippen LogP contribution in [0.5, 0.6) is 0 Å². The zero-order valence-electron chi connectivity index (χ0n) is 17.1. The Hall–Kier alpha value is -3.61. The molecule has 1 amide bonds. The number of anilines is 1. The first kappa shape index (κ1) is 21.1. The highest BCUT2D eigenvalue weighted by Gasteiger charge is 2.17. The number of oxazole rings is 1. The minimum Gasteiger partial charge on any atom is -0.441 e. The van der Waals surface area contributed by atoms with E-state index in [1.165, 1.54) is 6.07 Å². The molecule has 0 bridgehead atoms. The second-order valence-electron chi connectivity index (χ2n) is 6.35. The van der Waals surface area contributed by atoms with Crippen molar-refractivity contribution in [1.29, 1.82) is 0 Å². The molecule has 4 rings (SSSR count). The number of carbonyl (C=O) groups excluding carboxylic acids is 1. The predicted octanol–water partition coefficient (Wildman–Crippen LogP) is 6.31. The monoisotopic (exact) mass is 411 g/mol. The van der Waals surface area contributed by atoms with Gasteiger partial charge >= 0.3 is 0 Å². The molecule has 0 fully saturated rings. The number of nitrogens with one attached hydrogen (secondary N) is 1. The van der Waals surface area contributed by atoms with Crippen LogP contribution in [0.2, 0.25) is 0 Å². The fraction of sp³-hybridized carbons (Fsp3) is 0.174. The number of aryl methyl sites for hydroxylation is 2. The largest absolute Gasteiger partial charge is 0.441 e. The van der Waals surface area contributed by atoms with Crippen LogP contribution >= 0.6 is 0 Å². The molecule has 2 aromatic carbocycles. The Morgan fingerprint density at radius 1 is 1.07 bits per heavy atom. The second-order valence-corrected chi connectivity index (χ2v) is 6.35. The Labute approximate surface area is 174 Å². The van der Waals surface area contributed by atoms with E-state index in [0.29, 0.717) is 11.5 Å². The first-order valence-electron chi connectivity index (χ1n) is 9.52. The summed E-state index contributed by atoms with van der Waals surface area (Å²) in [7, 11) is 0. The first-order chi connectivity index (χ1) is 14.4. The summed E-state index contributed by atoms with van der Waals surface area (Å²) >= 11 is 0. The van der Waals surface area contributed by atoms with Crippen molar-refractivity contribution in [3.63, 3.8) is 0 Å². The van der Waals surface area contributed by atoms with Crippen LogP contribution in [-0.4, -0.2) is 15.9 Å². The summed E-state index contributed by atoms with van der Waals surface area (Å²) in [5.41, 5.74) is 3.52. The number of halogens is 2. The lowest BCUT2D eigenvalue weighted by atomic mass is 10.0. The Morgan fingerprint density at radius 2 is 1.77 bits per heavy atom. The van der Waals surface area contributed by atoms with E-state index >= 15 is 0 Å². The number of hydrogen-bond donors (Lipinski definition) is 1. The maximum absolute atomic E-state index is 13.7. The Balaban J connectivity index is 0.00000111. The molecule has 0 aliphatic carbocycles. The molecule has 0 radical (unpaired) electrons. The second kappa shape index (κ2) is 8.82. The first-order valence-corrected chi connectivity index (χ1v) is 9.52. The summed E-state index contributed by atoms with van der Waals surface area (Å²) in [6, 6.07) is 10.4. The van der Waals surface area contributed by atoms with Crippen molar-refractivity contribution < 1.29 is 19.4 Å². The predicted molar refractivity (Wildman–Crippen MR) is 114 cm³/mol. The van der Waals surface area contributed by atoms with E-state index in [2.05, 4.69) is 15.3 Å². The summed E-state index contributed by atoms with van der Waals surface area (Å²) in [6.45, 7) is 7.74. The van der Waals surface area contributed by atoms with Gasteiger partial charge in [-0.3, -0.25) is 4.79 Å². The lowest BCUT2D eigenvalue weighted by molar-refractivity contribution is 0.101. The van der Waals surface area contributed by atoms with Crippen molar-refractivity contribution in [2.24, 2.45) is 0 Å². The van der Waals surface area contributed by atoms with Crippen LogP contribution in [0.15, 0.2) is 53.1 Å². The highest BCUT2D eigenvalue weighted by molar-refractivity contribution is 6.04. The molecule has 0 unspecified atom stereocenters. The summed E-state index contributed by atoms with van der Waals surface area (Å²) < 4.78 is 33.0. The number of benzene rings is 2. The fourth-order valence-electron chi connectivity index (χ4n) is 3.03. The van der Waals surface area contributed by atoms with Crippen LogP contribution in [-0.2, 0) is 0 Å². The molecule has 0 saturated heterocycles. The Bertz CT molecular complexity index is 1190. The number of hydrogen-bond acceptors (Lipinski definition) is 4. The maximum atomic E-state index is 13.7. The summed E-state index contributed by atoms with van der Waals surface area (Å²) in [6.07, 6.45) is 1.57. The molecular weight excluding hydrogens is 388 g/mol. The smallest absolute Gasteiger partial charge is 0.262 e. The zero-order valence-corrected chi connectivity index (χ0v) is 17.1. The van der Waals surface area contributed by atoms with Gasteiger partial charge in [0.05, 0.1) is 0 Å². The quantitative estimate of drug-likeness (QED) is 0.429. The van der Waals surface area contributed by atoms with Gasteiger partial charge in [0.2, 0.25) is 0 Å². The highest BCUT2D eigenvalue weighted by atomic mass is 19.1. The summed E-state index contributed by atoms with van der Waals surface area (Å²) in [4.78, 5) is 20.7. The molecule has 30 heavy (non-hydrogen) atoms. The van der Waals surface area contributed by atoms with Crippen LogP contribution < -0.4 is 5.32 Å². The molecule has 0 spiro atoms. The molecular formula is C23H23F2N3O2. The molecule has 2 heterocycles. The Kier molecular flexibility index (Phi) is 6.20. The molecule has 1 N–H and O–H groups in total. The van der Waals surface area contributed by atoms with E-state index in [9.17, 15) is 13.6 Å². The van der Waals surface area contributed by atoms with Crippen LogP contribution in [0, 0.1) is 25.5 Å². The van der Waals surface area contributed by atoms with Crippen LogP contribution in [0.25, 0.3) is 22.2 Å². The van der Waals surface area contributed by atoms with E-state index in [1.807, 2.05) is 32.9 Å². The molecule has 0 aliphatic heterocycles. The van der Waals surface area contributed by atoms with Crippen molar-refractivity contribution in [2.45, 2.75) is 27.7 Å². The van der Waals surface area contributed by atoms with Gasteiger partial charge in [0, 0.05) is 20.1 Å². The fourth-order valence-corrected chi connectivity index (χ4v) is 3.03. The van der Waals surface area contributed by atoms with Crippen molar-refractivity contribution in [3.05, 3.63) is 77.3 Å². The van der Waals surface area contributed by atoms with Crippen LogP contribution in [0.3, 0.4) is 0 Å². The average Bonchev–Trinajstić information content (AvgIpc) is 3.08. The minimum atomic E-state index is -0.930. The van der Waals surface area contributed by atoms with Crippen molar-refractivity contribution in [2.75, 3.05) is 5.32 Å². The third kappa shape index (κ3) is 4.20. The molecule has 0 aliphatic rings. The van der Waals surface area contributed by atoms with Crippen molar-refractivity contribution >= 4 is 22.8 Å². The lowest BCUT2D eigenvalue weighted by Gasteiger charge is -2.09. The molecule has 7 heteroatoms. The van der Waals surface area contributed by atoms with Gasteiger partial charge in [-0.2, -0.15) is 0 Å². The SMILES string of the molecule is CC.Cc1nc2cc(C)c(-c3ccc(NC(=O)c4c(F)cccc4F)nc3)cc2o1.[HH]. The van der Waals surface area contributed by atoms with Gasteiger partial charge in [0.1, 0.15) is 28.5 Å². The molecule has 0 saturated carbocycles. The third-order valence-electron chi connectivity index (χ3n) is 4.35. The van der Waals surface area contributed by atoms with E-state index < -0.39 is 23.1 Å². The van der Waals surface area contributed by atoms with Gasteiger partial charge in [0.25, 0.3) is 5.91 Å². The Morgan fingerprint density at radius 3 is 2.40 bits per heavy atom. The highest BCUT2D eigenvalue weighted by Crippen LogP contribution is 2.29. The van der Waals surface area contributed by atoms with E-state index in [-0.39, 0.29) is 7.24 Å². The number of carbonyl (C=O) groups is 1. The van der Waals surface area contributed by atoms with Crippen LogP contribution in [0.1, 0.15) is 37.1 Å². The summed E-state index contributed by atoms with van der Waals surface area (Å²) in [5, 5.41) is 2.41. The standard InChI is InChI=1S/C21H15F2N3O2.C2H6.H2/c1-11-8-17-18(28-12(2)25-17)9-14(11)13-6-7-19(24-10-13)26-21(27)20-15(22)4-3-5-16(20)23;1-2;/h3-10H,1-2H3,(H,24,26,27);1-2H3;1H. The van der Waals surface area contributed by atoms with E-state index in [0.717, 1.165) is 34.3 Å². The normalized spacial score (nSPS) is 10.5. The number of amides is 1. The third-order valence-corrected chi connectivity index (χ3v) is 4.35. The van der Waals surface area contributed by atoms with Gasteiger partial charge in [-0.25, -0.2) is 18.7 Å². The van der Waals surface area contributed by atoms with Gasteiger partial charge in [-0.15, -0.1) is 0 Å². The van der Waals surface area contributed by atoms with Crippen molar-refractivity contribution in [3.8, 4) is 11.1 Å². The van der Waals surface area contributed by atoms with Crippen LogP contribution in [0.4, 0.5) is 14.6 Å². The van der Waals surface area contributed by atoms with Gasteiger partial charge < -0.3 is 9.73 Å². The molecule has 4 aromatic rings. The van der Waals surface area contributed by atoms with E-state index in [4.69, 9.17) is 4.42 Å².